The number of carbonyl (C=O) groups is 1. The Balaban J connectivity index is 1.49. The summed E-state index contributed by atoms with van der Waals surface area (Å²) in [6.45, 7) is 1.45. The molecule has 3 fully saturated rings. The van der Waals surface area contributed by atoms with E-state index in [2.05, 4.69) is 10.2 Å². The average Bonchev–Trinajstić information content (AvgIpc) is 2.41. The van der Waals surface area contributed by atoms with Gasteiger partial charge in [0.2, 0.25) is 5.91 Å². The van der Waals surface area contributed by atoms with Crippen LogP contribution in [0, 0.1) is 0 Å². The van der Waals surface area contributed by atoms with Crippen LogP contribution in [0.1, 0.15) is 38.5 Å². The molecule has 1 amide bonds. The zero-order chi connectivity index (χ0) is 15.5. The molecule has 126 valence electrons. The lowest BCUT2D eigenvalue weighted by molar-refractivity contribution is -0.153. The van der Waals surface area contributed by atoms with Crippen LogP contribution in [-0.2, 0) is 14.3 Å². The molecule has 2 heterocycles. The van der Waals surface area contributed by atoms with E-state index in [1.165, 1.54) is 6.42 Å². The van der Waals surface area contributed by atoms with Crippen LogP contribution in [0.4, 0.5) is 0 Å². The molecular formula is C16H28N2O4. The van der Waals surface area contributed by atoms with Crippen molar-refractivity contribution in [1.82, 2.24) is 10.2 Å². The summed E-state index contributed by atoms with van der Waals surface area (Å²) in [5, 5.41) is 12.9. The van der Waals surface area contributed by atoms with Crippen LogP contribution < -0.4 is 5.32 Å². The lowest BCUT2D eigenvalue weighted by Gasteiger charge is -2.43. The molecule has 2 N–H and O–H groups in total. The fraction of sp³-hybridized carbons (Fsp3) is 0.938. The number of hydrogen-bond donors (Lipinski definition) is 2. The van der Waals surface area contributed by atoms with E-state index in [1.54, 1.807) is 0 Å². The van der Waals surface area contributed by atoms with Crippen molar-refractivity contribution < 1.29 is 19.4 Å². The van der Waals surface area contributed by atoms with E-state index in [0.29, 0.717) is 32.2 Å². The molecule has 0 radical (unpaired) electrons. The Morgan fingerprint density at radius 1 is 1.27 bits per heavy atom. The van der Waals surface area contributed by atoms with Crippen LogP contribution in [0.25, 0.3) is 0 Å². The largest absolute Gasteiger partial charge is 0.389 e. The Bertz CT molecular complexity index is 388. The predicted octanol–water partition coefficient (Wildman–Crippen LogP) is 0.284. The first kappa shape index (κ1) is 16.2. The van der Waals surface area contributed by atoms with Gasteiger partial charge < -0.3 is 19.9 Å². The highest BCUT2D eigenvalue weighted by Crippen LogP contribution is 2.27. The number of carbonyl (C=O) groups excluding carboxylic acids is 1. The highest BCUT2D eigenvalue weighted by molar-refractivity contribution is 5.76. The zero-order valence-electron chi connectivity index (χ0n) is 13.4. The Morgan fingerprint density at radius 2 is 2.09 bits per heavy atom. The molecule has 3 rings (SSSR count). The summed E-state index contributed by atoms with van der Waals surface area (Å²) in [4.78, 5) is 14.2. The quantitative estimate of drug-likeness (QED) is 0.783. The topological polar surface area (TPSA) is 71.0 Å². The fourth-order valence-corrected chi connectivity index (χ4v) is 3.64. The van der Waals surface area contributed by atoms with Crippen molar-refractivity contribution in [2.75, 3.05) is 26.8 Å². The van der Waals surface area contributed by atoms with Crippen molar-refractivity contribution >= 4 is 5.91 Å². The standard InChI is InChI=1S/C16H28N2O4/c1-18-8-12(19)9-21-10-15-14(18)6-5-13(22-15)7-16(20)17-11-3-2-4-11/h11-15,19H,2-10H2,1H3,(H,17,20)/t12-,13+,14+,15-/m0/s1. The van der Waals surface area contributed by atoms with Gasteiger partial charge in [0.1, 0.15) is 0 Å². The monoisotopic (exact) mass is 312 g/mol. The van der Waals surface area contributed by atoms with Gasteiger partial charge in [0, 0.05) is 18.6 Å². The van der Waals surface area contributed by atoms with Crippen molar-refractivity contribution in [3.05, 3.63) is 0 Å². The van der Waals surface area contributed by atoms with Crippen molar-refractivity contribution in [2.45, 2.75) is 68.9 Å². The molecule has 1 saturated carbocycles. The number of ether oxygens (including phenoxy) is 2. The predicted molar refractivity (Wildman–Crippen MR) is 81.5 cm³/mol. The molecule has 2 saturated heterocycles. The van der Waals surface area contributed by atoms with Gasteiger partial charge in [-0.05, 0) is 39.2 Å². The highest BCUT2D eigenvalue weighted by Gasteiger charge is 2.36. The van der Waals surface area contributed by atoms with Gasteiger partial charge >= 0.3 is 0 Å². The van der Waals surface area contributed by atoms with Gasteiger partial charge in [0.15, 0.2) is 0 Å². The third kappa shape index (κ3) is 3.98. The van der Waals surface area contributed by atoms with Crippen molar-refractivity contribution in [2.24, 2.45) is 0 Å². The van der Waals surface area contributed by atoms with E-state index < -0.39 is 6.10 Å². The van der Waals surface area contributed by atoms with Gasteiger partial charge in [-0.25, -0.2) is 0 Å². The number of fused-ring (bicyclic) bond motifs is 1. The summed E-state index contributed by atoms with van der Waals surface area (Å²) in [6, 6.07) is 0.655. The summed E-state index contributed by atoms with van der Waals surface area (Å²) in [6.07, 6.45) is 5.33. The van der Waals surface area contributed by atoms with Crippen LogP contribution in [0.15, 0.2) is 0 Å². The Labute approximate surface area is 132 Å². The number of aliphatic hydroxyl groups excluding tert-OH is 1. The average molecular weight is 312 g/mol. The highest BCUT2D eigenvalue weighted by atomic mass is 16.5. The minimum absolute atomic E-state index is 0.00671. The zero-order valence-corrected chi connectivity index (χ0v) is 13.4. The smallest absolute Gasteiger partial charge is 0.222 e. The molecule has 3 aliphatic rings. The number of hydrogen-bond acceptors (Lipinski definition) is 5. The molecule has 0 aromatic rings. The van der Waals surface area contributed by atoms with E-state index in [-0.39, 0.29) is 24.2 Å². The molecule has 6 heteroatoms. The lowest BCUT2D eigenvalue weighted by atomic mass is 9.92. The summed E-state index contributed by atoms with van der Waals surface area (Å²) in [5.41, 5.74) is 0. The number of likely N-dealkylation sites (N-methyl/N-ethyl adjacent to an activating group) is 1. The maximum absolute atomic E-state index is 12.0. The first-order chi connectivity index (χ1) is 10.6. The van der Waals surface area contributed by atoms with Gasteiger partial charge in [0.05, 0.1) is 37.9 Å². The van der Waals surface area contributed by atoms with E-state index in [0.717, 1.165) is 25.7 Å². The summed E-state index contributed by atoms with van der Waals surface area (Å²) in [7, 11) is 2.03. The molecule has 22 heavy (non-hydrogen) atoms. The maximum Gasteiger partial charge on any atom is 0.222 e. The number of nitrogens with one attached hydrogen (secondary N) is 1. The molecule has 0 aromatic heterocycles. The normalized spacial score (nSPS) is 37.5. The van der Waals surface area contributed by atoms with Crippen LogP contribution in [0.5, 0.6) is 0 Å². The molecule has 0 spiro atoms. The number of nitrogens with zero attached hydrogens (tertiary/aromatic N) is 1. The number of amides is 1. The van der Waals surface area contributed by atoms with Crippen molar-refractivity contribution in [3.8, 4) is 0 Å². The fourth-order valence-electron chi connectivity index (χ4n) is 3.64. The van der Waals surface area contributed by atoms with E-state index in [9.17, 15) is 9.90 Å². The SMILES string of the molecule is CN1C[C@H](O)COC[C@@H]2O[C@@H](CC(=O)NC3CCC3)CC[C@H]21. The first-order valence-electron chi connectivity index (χ1n) is 8.52. The second kappa shape index (κ2) is 7.25. The van der Waals surface area contributed by atoms with Gasteiger partial charge in [-0.1, -0.05) is 0 Å². The van der Waals surface area contributed by atoms with Gasteiger partial charge in [-0.3, -0.25) is 9.69 Å². The first-order valence-corrected chi connectivity index (χ1v) is 8.52. The summed E-state index contributed by atoms with van der Waals surface area (Å²) in [5.74, 6) is 0.115. The molecule has 1 aliphatic carbocycles. The van der Waals surface area contributed by atoms with E-state index in [4.69, 9.17) is 9.47 Å². The van der Waals surface area contributed by atoms with E-state index in [1.807, 2.05) is 7.05 Å². The van der Waals surface area contributed by atoms with Gasteiger partial charge in [-0.15, -0.1) is 0 Å². The minimum atomic E-state index is -0.433. The Hall–Kier alpha value is -0.690. The van der Waals surface area contributed by atoms with Crippen molar-refractivity contribution in [3.63, 3.8) is 0 Å². The van der Waals surface area contributed by atoms with Gasteiger partial charge in [-0.2, -0.15) is 0 Å². The third-order valence-electron chi connectivity index (χ3n) is 5.12. The molecule has 0 unspecified atom stereocenters. The van der Waals surface area contributed by atoms with Crippen LogP contribution in [0.2, 0.25) is 0 Å². The molecular weight excluding hydrogens is 284 g/mol. The maximum atomic E-state index is 12.0. The second-order valence-electron chi connectivity index (χ2n) is 6.97. The number of aliphatic hydroxyl groups is 1. The van der Waals surface area contributed by atoms with Crippen LogP contribution in [0.3, 0.4) is 0 Å². The Morgan fingerprint density at radius 3 is 2.82 bits per heavy atom. The third-order valence-corrected chi connectivity index (χ3v) is 5.12. The molecule has 6 nitrogen and oxygen atoms in total. The van der Waals surface area contributed by atoms with Crippen molar-refractivity contribution in [1.29, 1.82) is 0 Å². The summed E-state index contributed by atoms with van der Waals surface area (Å²) < 4.78 is 11.7. The number of β-amino-alcohol motifs (C(OH)–C–C–N with tert-alkyl or cyclic N) is 1. The molecule has 4 atom stereocenters. The van der Waals surface area contributed by atoms with Crippen LogP contribution >= 0.6 is 0 Å². The minimum Gasteiger partial charge on any atom is -0.389 e. The molecule has 0 aromatic carbocycles. The molecule has 2 aliphatic heterocycles. The number of rotatable bonds is 3. The van der Waals surface area contributed by atoms with Crippen LogP contribution in [-0.4, -0.2) is 73.1 Å². The summed E-state index contributed by atoms with van der Waals surface area (Å²) >= 11 is 0. The Kier molecular flexibility index (Phi) is 5.33. The van der Waals surface area contributed by atoms with Gasteiger partial charge in [0.25, 0.3) is 0 Å². The van der Waals surface area contributed by atoms with E-state index >= 15 is 0 Å². The second-order valence-corrected chi connectivity index (χ2v) is 6.97. The molecule has 0 bridgehead atoms. The lowest BCUT2D eigenvalue weighted by Crippen LogP contribution is -2.54.